The lowest BCUT2D eigenvalue weighted by Gasteiger charge is -2.24. The Morgan fingerprint density at radius 1 is 0.814 bits per heavy atom. The summed E-state index contributed by atoms with van der Waals surface area (Å²) < 4.78 is 15.9. The first-order valence-electron chi connectivity index (χ1n) is 13.7. The molecule has 8 nitrogen and oxygen atoms in total. The maximum absolute atomic E-state index is 13.5. The molecule has 0 saturated carbocycles. The molecule has 0 aliphatic carbocycles. The molecule has 0 fully saturated rings. The summed E-state index contributed by atoms with van der Waals surface area (Å²) in [4.78, 5) is 26.6. The minimum absolute atomic E-state index is 0.0678. The lowest BCUT2D eigenvalue weighted by atomic mass is 9.90. The number of amidine groups is 1. The molecule has 4 N–H and O–H groups in total. The molecule has 4 aromatic rings. The molecule has 4 aromatic carbocycles. The number of hydrogen-bond donors (Lipinski definition) is 3. The van der Waals surface area contributed by atoms with E-state index in [1.165, 1.54) is 7.11 Å². The van der Waals surface area contributed by atoms with Crippen molar-refractivity contribution in [3.63, 3.8) is 0 Å². The molecule has 0 aliphatic heterocycles. The SMILES string of the molecule is COC(=O)C(Cc1cccc(C(=N)N)c1)C(/C=C/c1ccccc1)NC(=O)c1ccc(-c2ccc(OC)c(OC)c2)cc1. The summed E-state index contributed by atoms with van der Waals surface area (Å²) in [5.74, 6) is -0.389. The number of nitrogens with one attached hydrogen (secondary N) is 2. The van der Waals surface area contributed by atoms with Crippen molar-refractivity contribution in [2.24, 2.45) is 11.7 Å². The van der Waals surface area contributed by atoms with Crippen molar-refractivity contribution in [2.45, 2.75) is 12.5 Å². The smallest absolute Gasteiger partial charge is 0.311 e. The minimum Gasteiger partial charge on any atom is -0.493 e. The normalized spacial score (nSPS) is 12.3. The third-order valence-electron chi connectivity index (χ3n) is 7.09. The Bertz CT molecular complexity index is 1600. The topological polar surface area (TPSA) is 124 Å². The van der Waals surface area contributed by atoms with E-state index in [4.69, 9.17) is 25.4 Å². The largest absolute Gasteiger partial charge is 0.493 e. The molecule has 2 atom stereocenters. The van der Waals surface area contributed by atoms with E-state index in [-0.39, 0.29) is 18.2 Å². The molecule has 220 valence electrons. The molecule has 8 heteroatoms. The molecule has 0 aliphatic rings. The highest BCUT2D eigenvalue weighted by molar-refractivity contribution is 5.96. The summed E-state index contributed by atoms with van der Waals surface area (Å²) in [6.07, 6.45) is 3.94. The van der Waals surface area contributed by atoms with Crippen LogP contribution in [-0.4, -0.2) is 45.1 Å². The molecule has 0 bridgehead atoms. The highest BCUT2D eigenvalue weighted by Crippen LogP contribution is 2.32. The van der Waals surface area contributed by atoms with Gasteiger partial charge >= 0.3 is 5.97 Å². The van der Waals surface area contributed by atoms with Gasteiger partial charge in [-0.3, -0.25) is 15.0 Å². The van der Waals surface area contributed by atoms with Crippen LogP contribution in [0.3, 0.4) is 0 Å². The second-order valence-corrected chi connectivity index (χ2v) is 9.86. The Labute approximate surface area is 251 Å². The van der Waals surface area contributed by atoms with E-state index in [0.717, 1.165) is 22.3 Å². The fourth-order valence-electron chi connectivity index (χ4n) is 4.75. The van der Waals surface area contributed by atoms with Gasteiger partial charge < -0.3 is 25.3 Å². The van der Waals surface area contributed by atoms with Crippen LogP contribution in [0.4, 0.5) is 0 Å². The maximum atomic E-state index is 13.5. The number of nitrogens with two attached hydrogens (primary N) is 1. The van der Waals surface area contributed by atoms with Crippen molar-refractivity contribution in [3.05, 3.63) is 125 Å². The zero-order valence-electron chi connectivity index (χ0n) is 24.4. The van der Waals surface area contributed by atoms with Crippen LogP contribution in [0.25, 0.3) is 17.2 Å². The van der Waals surface area contributed by atoms with Gasteiger partial charge in [-0.05, 0) is 59.0 Å². The van der Waals surface area contributed by atoms with Gasteiger partial charge in [0, 0.05) is 11.1 Å². The molecular formula is C35H35N3O5. The zero-order valence-corrected chi connectivity index (χ0v) is 24.4. The maximum Gasteiger partial charge on any atom is 0.311 e. The van der Waals surface area contributed by atoms with Crippen LogP contribution >= 0.6 is 0 Å². The number of amides is 1. The molecule has 2 unspecified atom stereocenters. The summed E-state index contributed by atoms with van der Waals surface area (Å²) in [6, 6.07) is 28.9. The van der Waals surface area contributed by atoms with E-state index in [0.29, 0.717) is 22.6 Å². The molecular weight excluding hydrogens is 542 g/mol. The van der Waals surface area contributed by atoms with Crippen molar-refractivity contribution in [3.8, 4) is 22.6 Å². The van der Waals surface area contributed by atoms with Crippen molar-refractivity contribution in [1.82, 2.24) is 5.32 Å². The summed E-state index contributed by atoms with van der Waals surface area (Å²) in [5, 5.41) is 10.8. The Morgan fingerprint density at radius 3 is 2.16 bits per heavy atom. The van der Waals surface area contributed by atoms with Crippen LogP contribution in [0, 0.1) is 11.3 Å². The number of carbonyl (C=O) groups is 2. The summed E-state index contributed by atoms with van der Waals surface area (Å²) in [5.41, 5.74) is 10.2. The average molecular weight is 578 g/mol. The van der Waals surface area contributed by atoms with Crippen LogP contribution < -0.4 is 20.5 Å². The standard InChI is InChI=1S/C35H35N3O5/c1-41-31-19-17-27(22-32(31)42-2)25-13-15-26(16-14-25)34(39)38-30(18-12-23-8-5-4-6-9-23)29(35(40)43-3)21-24-10-7-11-28(20-24)33(36)37/h4-20,22,29-30H,21H2,1-3H3,(H3,36,37)(H,38,39)/b18-12+. The van der Waals surface area contributed by atoms with Crippen LogP contribution in [-0.2, 0) is 16.0 Å². The van der Waals surface area contributed by atoms with Crippen molar-refractivity contribution < 1.29 is 23.8 Å². The van der Waals surface area contributed by atoms with Gasteiger partial charge in [-0.1, -0.05) is 78.9 Å². The molecule has 43 heavy (non-hydrogen) atoms. The molecule has 0 heterocycles. The van der Waals surface area contributed by atoms with Gasteiger partial charge in [-0.15, -0.1) is 0 Å². The molecule has 1 amide bonds. The molecule has 0 radical (unpaired) electrons. The highest BCUT2D eigenvalue weighted by Gasteiger charge is 2.30. The van der Waals surface area contributed by atoms with Crippen molar-refractivity contribution in [2.75, 3.05) is 21.3 Å². The fraction of sp³-hybridized carbons (Fsp3) is 0.171. The zero-order chi connectivity index (χ0) is 30.8. The number of rotatable bonds is 12. The second kappa shape index (κ2) is 14.5. The van der Waals surface area contributed by atoms with Gasteiger partial charge in [0.1, 0.15) is 5.84 Å². The Kier molecular flexibility index (Phi) is 10.3. The number of hydrogen-bond acceptors (Lipinski definition) is 6. The van der Waals surface area contributed by atoms with E-state index in [9.17, 15) is 9.59 Å². The highest BCUT2D eigenvalue weighted by atomic mass is 16.5. The fourth-order valence-corrected chi connectivity index (χ4v) is 4.75. The Hall–Kier alpha value is -5.37. The molecule has 4 rings (SSSR count). The molecule has 0 spiro atoms. The first kappa shape index (κ1) is 30.6. The van der Waals surface area contributed by atoms with Gasteiger partial charge in [0.15, 0.2) is 11.5 Å². The number of nitrogen functional groups attached to an aromatic ring is 1. The van der Waals surface area contributed by atoms with Crippen molar-refractivity contribution in [1.29, 1.82) is 5.41 Å². The molecule has 0 aromatic heterocycles. The summed E-state index contributed by atoms with van der Waals surface area (Å²) in [6.45, 7) is 0. The first-order chi connectivity index (χ1) is 20.8. The third-order valence-corrected chi connectivity index (χ3v) is 7.09. The van der Waals surface area contributed by atoms with E-state index in [1.54, 1.807) is 44.6 Å². The average Bonchev–Trinajstić information content (AvgIpc) is 3.05. The number of esters is 1. The third kappa shape index (κ3) is 7.89. The van der Waals surface area contributed by atoms with E-state index in [2.05, 4.69) is 5.32 Å². The Balaban J connectivity index is 1.62. The van der Waals surface area contributed by atoms with E-state index in [1.807, 2.05) is 78.9 Å². The van der Waals surface area contributed by atoms with Crippen molar-refractivity contribution >= 4 is 23.8 Å². The number of methoxy groups -OCH3 is 3. The lowest BCUT2D eigenvalue weighted by molar-refractivity contribution is -0.145. The van der Waals surface area contributed by atoms with Gasteiger partial charge in [0.2, 0.25) is 0 Å². The second-order valence-electron chi connectivity index (χ2n) is 9.86. The van der Waals surface area contributed by atoms with Crippen LogP contribution in [0.1, 0.15) is 27.0 Å². The number of benzene rings is 4. The monoisotopic (exact) mass is 577 g/mol. The first-order valence-corrected chi connectivity index (χ1v) is 13.7. The minimum atomic E-state index is -0.748. The quantitative estimate of drug-likeness (QED) is 0.116. The predicted molar refractivity (Wildman–Crippen MR) is 168 cm³/mol. The predicted octanol–water partition coefficient (Wildman–Crippen LogP) is 5.50. The number of carbonyl (C=O) groups excluding carboxylic acids is 2. The van der Waals surface area contributed by atoms with Gasteiger partial charge in [0.25, 0.3) is 5.91 Å². The number of ether oxygens (including phenoxy) is 3. The van der Waals surface area contributed by atoms with Crippen LogP contribution in [0.5, 0.6) is 11.5 Å². The van der Waals surface area contributed by atoms with Crippen LogP contribution in [0.2, 0.25) is 0 Å². The summed E-state index contributed by atoms with van der Waals surface area (Å²) in [7, 11) is 4.49. The van der Waals surface area contributed by atoms with E-state index < -0.39 is 17.9 Å². The van der Waals surface area contributed by atoms with Gasteiger partial charge in [-0.2, -0.15) is 0 Å². The van der Waals surface area contributed by atoms with Gasteiger partial charge in [-0.25, -0.2) is 0 Å². The van der Waals surface area contributed by atoms with Crippen LogP contribution in [0.15, 0.2) is 103 Å². The van der Waals surface area contributed by atoms with Gasteiger partial charge in [0.05, 0.1) is 33.3 Å². The Morgan fingerprint density at radius 2 is 1.51 bits per heavy atom. The molecule has 0 saturated heterocycles. The summed E-state index contributed by atoms with van der Waals surface area (Å²) >= 11 is 0. The van der Waals surface area contributed by atoms with E-state index >= 15 is 0 Å². The lowest BCUT2D eigenvalue weighted by Crippen LogP contribution is -2.43.